The molecule has 0 aliphatic carbocycles. The molecule has 122 valence electrons. The van der Waals surface area contributed by atoms with Gasteiger partial charge in [-0.25, -0.2) is 0 Å². The van der Waals surface area contributed by atoms with Crippen molar-refractivity contribution in [2.75, 3.05) is 0 Å². The first-order valence-corrected chi connectivity index (χ1v) is 8.37. The van der Waals surface area contributed by atoms with Gasteiger partial charge in [0.05, 0.1) is 0 Å². The van der Waals surface area contributed by atoms with Crippen LogP contribution < -0.4 is 4.74 Å². The molecular formula is C24H19LiO. The zero-order valence-corrected chi connectivity index (χ0v) is 13.8. The average Bonchev–Trinajstić information content (AvgIpc) is 2.71. The summed E-state index contributed by atoms with van der Waals surface area (Å²) in [5.74, 6) is 1.68. The molecule has 1 nitrogen and oxygen atoms in total. The predicted octanol–water partition coefficient (Wildman–Crippen LogP) is 6.16. The van der Waals surface area contributed by atoms with Gasteiger partial charge in [0.25, 0.3) is 0 Å². The van der Waals surface area contributed by atoms with Crippen LogP contribution in [0.15, 0.2) is 109 Å². The van der Waals surface area contributed by atoms with E-state index in [2.05, 4.69) is 48.5 Å². The van der Waals surface area contributed by atoms with Crippen molar-refractivity contribution < 1.29 is 4.74 Å². The van der Waals surface area contributed by atoms with Gasteiger partial charge in [0.15, 0.2) is 0 Å². The van der Waals surface area contributed by atoms with Gasteiger partial charge >= 0.3 is 18.9 Å². The third-order valence-electron chi connectivity index (χ3n) is 4.16. The Balaban J connectivity index is 0.00000196. The summed E-state index contributed by atoms with van der Waals surface area (Å²) in [5.41, 5.74) is 4.79. The fourth-order valence-electron chi connectivity index (χ4n) is 2.83. The summed E-state index contributed by atoms with van der Waals surface area (Å²) >= 11 is 0. The van der Waals surface area contributed by atoms with Gasteiger partial charge in [-0.2, -0.15) is 0 Å². The molecule has 0 atom stereocenters. The molecule has 4 aromatic rings. The Hall–Kier alpha value is -2.72. The largest absolute Gasteiger partial charge is 0.457 e. The van der Waals surface area contributed by atoms with Gasteiger partial charge in [-0.05, 0) is 46.5 Å². The molecule has 4 rings (SSSR count). The summed E-state index contributed by atoms with van der Waals surface area (Å²) in [6.07, 6.45) is 0. The molecule has 0 saturated heterocycles. The maximum Gasteiger partial charge on any atom is 0.127 e. The normalized spacial score (nSPS) is 10.0. The Labute approximate surface area is 166 Å². The minimum Gasteiger partial charge on any atom is -0.457 e. The van der Waals surface area contributed by atoms with Gasteiger partial charge in [-0.3, -0.25) is 0 Å². The van der Waals surface area contributed by atoms with Crippen molar-refractivity contribution in [1.82, 2.24) is 0 Å². The summed E-state index contributed by atoms with van der Waals surface area (Å²) in [6.45, 7) is 0. The summed E-state index contributed by atoms with van der Waals surface area (Å²) in [7, 11) is 0. The summed E-state index contributed by atoms with van der Waals surface area (Å²) in [5, 5.41) is 0. The van der Waals surface area contributed by atoms with Gasteiger partial charge < -0.3 is 4.74 Å². The minimum absolute atomic E-state index is 0. The summed E-state index contributed by atoms with van der Waals surface area (Å²) in [6, 6.07) is 37.1. The van der Waals surface area contributed by atoms with Crippen molar-refractivity contribution >= 4 is 18.9 Å². The quantitative estimate of drug-likeness (QED) is 0.407. The Morgan fingerprint density at radius 3 is 1.00 bits per heavy atom. The molecule has 0 fully saturated rings. The van der Waals surface area contributed by atoms with E-state index < -0.39 is 0 Å². The van der Waals surface area contributed by atoms with Gasteiger partial charge in [0.2, 0.25) is 0 Å². The molecule has 4 aromatic carbocycles. The average molecular weight is 330 g/mol. The monoisotopic (exact) mass is 330 g/mol. The SMILES string of the molecule is [LiH].c1ccc(-c2ccc(Oc3ccc(-c4ccccc4)cc3)cc2)cc1. The van der Waals surface area contributed by atoms with Gasteiger partial charge in [0, 0.05) is 0 Å². The van der Waals surface area contributed by atoms with Crippen molar-refractivity contribution in [3.05, 3.63) is 109 Å². The Bertz CT molecular complexity index is 850. The fraction of sp³-hybridized carbons (Fsp3) is 0. The summed E-state index contributed by atoms with van der Waals surface area (Å²) < 4.78 is 5.96. The van der Waals surface area contributed by atoms with Crippen LogP contribution in [-0.2, 0) is 0 Å². The van der Waals surface area contributed by atoms with E-state index in [1.165, 1.54) is 22.3 Å². The molecule has 0 unspecified atom stereocenters. The van der Waals surface area contributed by atoms with Crippen LogP contribution in [0.4, 0.5) is 0 Å². The van der Waals surface area contributed by atoms with E-state index in [1.807, 2.05) is 60.7 Å². The number of hydrogen-bond donors (Lipinski definition) is 0. The molecule has 0 N–H and O–H groups in total. The number of rotatable bonds is 4. The van der Waals surface area contributed by atoms with Crippen molar-refractivity contribution in [3.63, 3.8) is 0 Å². The van der Waals surface area contributed by atoms with Crippen LogP contribution in [0.5, 0.6) is 11.5 Å². The first-order valence-electron chi connectivity index (χ1n) is 8.37. The van der Waals surface area contributed by atoms with E-state index in [0.29, 0.717) is 0 Å². The van der Waals surface area contributed by atoms with E-state index in [9.17, 15) is 0 Å². The molecule has 0 amide bonds. The van der Waals surface area contributed by atoms with E-state index >= 15 is 0 Å². The van der Waals surface area contributed by atoms with Crippen LogP contribution >= 0.6 is 0 Å². The third-order valence-corrected chi connectivity index (χ3v) is 4.16. The summed E-state index contributed by atoms with van der Waals surface area (Å²) in [4.78, 5) is 0. The van der Waals surface area contributed by atoms with E-state index in [0.717, 1.165) is 11.5 Å². The molecule has 0 spiro atoms. The minimum atomic E-state index is 0. The molecule has 0 aliphatic heterocycles. The van der Waals surface area contributed by atoms with Crippen LogP contribution in [0.3, 0.4) is 0 Å². The zero-order chi connectivity index (χ0) is 16.9. The van der Waals surface area contributed by atoms with Crippen LogP contribution in [0, 0.1) is 0 Å². The second-order valence-electron chi connectivity index (χ2n) is 5.88. The van der Waals surface area contributed by atoms with Gasteiger partial charge in [-0.15, -0.1) is 0 Å². The maximum absolute atomic E-state index is 5.96. The molecule has 0 aromatic heterocycles. The number of benzene rings is 4. The molecule has 0 aliphatic rings. The smallest absolute Gasteiger partial charge is 0.127 e. The predicted molar refractivity (Wildman–Crippen MR) is 111 cm³/mol. The second-order valence-corrected chi connectivity index (χ2v) is 5.88. The molecule has 0 radical (unpaired) electrons. The Morgan fingerprint density at radius 2 is 0.654 bits per heavy atom. The van der Waals surface area contributed by atoms with Gasteiger partial charge in [0.1, 0.15) is 11.5 Å². The van der Waals surface area contributed by atoms with Crippen LogP contribution in [0.1, 0.15) is 0 Å². The van der Waals surface area contributed by atoms with Crippen molar-refractivity contribution in [3.8, 4) is 33.8 Å². The maximum atomic E-state index is 5.96. The zero-order valence-electron chi connectivity index (χ0n) is 13.8. The molecule has 2 heteroatoms. The Morgan fingerprint density at radius 1 is 0.346 bits per heavy atom. The first-order chi connectivity index (χ1) is 12.4. The molecular weight excluding hydrogens is 311 g/mol. The van der Waals surface area contributed by atoms with E-state index in [4.69, 9.17) is 4.74 Å². The van der Waals surface area contributed by atoms with Gasteiger partial charge in [-0.1, -0.05) is 84.9 Å². The van der Waals surface area contributed by atoms with Crippen molar-refractivity contribution in [2.45, 2.75) is 0 Å². The van der Waals surface area contributed by atoms with Crippen molar-refractivity contribution in [2.24, 2.45) is 0 Å². The third kappa shape index (κ3) is 4.27. The molecule has 0 saturated carbocycles. The van der Waals surface area contributed by atoms with Crippen LogP contribution in [0.2, 0.25) is 0 Å². The van der Waals surface area contributed by atoms with Crippen LogP contribution in [0.25, 0.3) is 22.3 Å². The topological polar surface area (TPSA) is 9.23 Å². The number of hydrogen-bond acceptors (Lipinski definition) is 1. The number of ether oxygens (including phenoxy) is 1. The standard InChI is InChI=1S/C24H18O.Li.H/c1-3-7-19(8-4-1)21-11-15-23(16-12-21)25-24-17-13-22(14-18-24)20-9-5-2-6-10-20;;/h1-18H;;. The van der Waals surface area contributed by atoms with Crippen LogP contribution in [-0.4, -0.2) is 18.9 Å². The van der Waals surface area contributed by atoms with Crippen molar-refractivity contribution in [1.29, 1.82) is 0 Å². The van der Waals surface area contributed by atoms with E-state index in [1.54, 1.807) is 0 Å². The first kappa shape index (κ1) is 18.1. The molecule has 0 bridgehead atoms. The Kier molecular flexibility index (Phi) is 5.97. The second kappa shape index (κ2) is 8.58. The molecule has 0 heterocycles. The van der Waals surface area contributed by atoms with E-state index in [-0.39, 0.29) is 18.9 Å². The molecule has 26 heavy (non-hydrogen) atoms. The fourth-order valence-corrected chi connectivity index (χ4v) is 2.83.